The highest BCUT2D eigenvalue weighted by Crippen LogP contribution is 2.36. The van der Waals surface area contributed by atoms with Crippen LogP contribution in [-0.4, -0.2) is 27.5 Å². The summed E-state index contributed by atoms with van der Waals surface area (Å²) in [5.41, 5.74) is 3.91. The Bertz CT molecular complexity index is 861. The van der Waals surface area contributed by atoms with Crippen LogP contribution in [0.5, 0.6) is 0 Å². The van der Waals surface area contributed by atoms with E-state index >= 15 is 0 Å². The zero-order chi connectivity index (χ0) is 17.6. The fraction of sp³-hybridized carbons (Fsp3) is 0.526. The molecule has 1 N–H and O–H groups in total. The fourth-order valence-electron chi connectivity index (χ4n) is 4.26. The number of nitrogens with one attached hydrogen (secondary N) is 1. The summed E-state index contributed by atoms with van der Waals surface area (Å²) in [5, 5.41) is 4.02. The van der Waals surface area contributed by atoms with Crippen LogP contribution in [0.2, 0.25) is 0 Å². The molecule has 1 atom stereocenters. The molecule has 132 valence electrons. The van der Waals surface area contributed by atoms with Crippen LogP contribution in [-0.2, 0) is 12.8 Å². The van der Waals surface area contributed by atoms with Crippen molar-refractivity contribution in [1.82, 2.24) is 15.0 Å². The average molecular weight is 341 g/mol. The number of pyridine rings is 1. The number of carbonyl (C=O) groups is 1. The molecule has 3 heterocycles. The predicted octanol–water partition coefficient (Wildman–Crippen LogP) is 2.84. The minimum absolute atomic E-state index is 0.0609. The molecule has 2 aliphatic rings. The smallest absolute Gasteiger partial charge is 0.261 e. The van der Waals surface area contributed by atoms with E-state index in [4.69, 9.17) is 4.52 Å². The average Bonchev–Trinajstić information content (AvgIpc) is 3.20. The van der Waals surface area contributed by atoms with E-state index in [0.717, 1.165) is 66.8 Å². The van der Waals surface area contributed by atoms with Crippen molar-refractivity contribution in [3.05, 3.63) is 50.3 Å². The van der Waals surface area contributed by atoms with Crippen molar-refractivity contribution in [2.24, 2.45) is 0 Å². The Hall–Kier alpha value is -2.37. The number of amides is 1. The molecule has 1 aliphatic carbocycles. The van der Waals surface area contributed by atoms with Gasteiger partial charge in [-0.1, -0.05) is 5.16 Å². The second kappa shape index (κ2) is 6.17. The highest BCUT2D eigenvalue weighted by molar-refractivity contribution is 5.94. The van der Waals surface area contributed by atoms with Crippen LogP contribution in [0, 0.1) is 13.8 Å². The van der Waals surface area contributed by atoms with E-state index < -0.39 is 0 Å². The number of aryl methyl sites for hydroxylation is 4. The number of likely N-dealkylation sites (tertiary alicyclic amines) is 1. The standard InChI is InChI=1S/C19H23N3O3/c1-11-17(12(2)25-21-11)16-8-5-9-22(16)19(24)14-10-13-6-3-4-7-15(13)20-18(14)23/h10,16H,3-9H2,1-2H3,(H,20,23)/t16-/m0/s1. The molecule has 0 saturated carbocycles. The lowest BCUT2D eigenvalue weighted by Gasteiger charge is -2.25. The normalized spacial score (nSPS) is 19.9. The molecule has 2 aromatic heterocycles. The van der Waals surface area contributed by atoms with E-state index in [1.54, 1.807) is 0 Å². The highest BCUT2D eigenvalue weighted by atomic mass is 16.5. The van der Waals surface area contributed by atoms with Crippen LogP contribution >= 0.6 is 0 Å². The summed E-state index contributed by atoms with van der Waals surface area (Å²) in [6.07, 6.45) is 5.82. The van der Waals surface area contributed by atoms with Crippen molar-refractivity contribution in [3.63, 3.8) is 0 Å². The lowest BCUT2D eigenvalue weighted by molar-refractivity contribution is 0.0732. The Balaban J connectivity index is 1.70. The minimum Gasteiger partial charge on any atom is -0.361 e. The third-order valence-electron chi connectivity index (χ3n) is 5.50. The summed E-state index contributed by atoms with van der Waals surface area (Å²) in [4.78, 5) is 30.4. The molecule has 0 spiro atoms. The molecule has 0 unspecified atom stereocenters. The first kappa shape index (κ1) is 16.1. The Kier molecular flexibility index (Phi) is 3.98. The van der Waals surface area contributed by atoms with E-state index in [1.807, 2.05) is 24.8 Å². The van der Waals surface area contributed by atoms with Crippen molar-refractivity contribution in [1.29, 1.82) is 0 Å². The molecule has 6 heteroatoms. The van der Waals surface area contributed by atoms with Crippen molar-refractivity contribution < 1.29 is 9.32 Å². The summed E-state index contributed by atoms with van der Waals surface area (Å²) in [6.45, 7) is 4.44. The van der Waals surface area contributed by atoms with Gasteiger partial charge in [0, 0.05) is 17.8 Å². The molecular weight excluding hydrogens is 318 g/mol. The van der Waals surface area contributed by atoms with Crippen molar-refractivity contribution in [3.8, 4) is 0 Å². The van der Waals surface area contributed by atoms with E-state index in [9.17, 15) is 9.59 Å². The lowest BCUT2D eigenvalue weighted by atomic mass is 9.94. The number of hydrogen-bond acceptors (Lipinski definition) is 4. The number of nitrogens with zero attached hydrogens (tertiary/aromatic N) is 2. The zero-order valence-electron chi connectivity index (χ0n) is 14.7. The molecular formula is C19H23N3O3. The largest absolute Gasteiger partial charge is 0.361 e. The van der Waals surface area contributed by atoms with Gasteiger partial charge in [0.25, 0.3) is 11.5 Å². The lowest BCUT2D eigenvalue weighted by Crippen LogP contribution is -2.35. The molecule has 25 heavy (non-hydrogen) atoms. The maximum atomic E-state index is 13.1. The van der Waals surface area contributed by atoms with Gasteiger partial charge < -0.3 is 14.4 Å². The summed E-state index contributed by atoms with van der Waals surface area (Å²) in [6, 6.07) is 1.76. The second-order valence-corrected chi connectivity index (χ2v) is 7.12. The zero-order valence-corrected chi connectivity index (χ0v) is 14.7. The van der Waals surface area contributed by atoms with Gasteiger partial charge >= 0.3 is 0 Å². The number of fused-ring (bicyclic) bond motifs is 1. The first-order chi connectivity index (χ1) is 12.1. The van der Waals surface area contributed by atoms with E-state index in [0.29, 0.717) is 6.54 Å². The number of H-pyrrole nitrogens is 1. The quantitative estimate of drug-likeness (QED) is 0.911. The van der Waals surface area contributed by atoms with Gasteiger partial charge in [0.05, 0.1) is 11.7 Å². The van der Waals surface area contributed by atoms with Crippen LogP contribution in [0.25, 0.3) is 0 Å². The van der Waals surface area contributed by atoms with Crippen molar-refractivity contribution in [2.45, 2.75) is 58.4 Å². The molecule has 4 rings (SSSR count). The van der Waals surface area contributed by atoms with Gasteiger partial charge in [-0.25, -0.2) is 0 Å². The molecule has 1 amide bonds. The Labute approximate surface area is 146 Å². The number of hydrogen-bond donors (Lipinski definition) is 1. The summed E-state index contributed by atoms with van der Waals surface area (Å²) in [7, 11) is 0. The second-order valence-electron chi connectivity index (χ2n) is 7.12. The summed E-state index contributed by atoms with van der Waals surface area (Å²) in [5.74, 6) is 0.568. The Morgan fingerprint density at radius 3 is 2.84 bits per heavy atom. The van der Waals surface area contributed by atoms with Crippen LogP contribution in [0.4, 0.5) is 0 Å². The molecule has 0 aromatic carbocycles. The van der Waals surface area contributed by atoms with Crippen LogP contribution in [0.3, 0.4) is 0 Å². The summed E-state index contributed by atoms with van der Waals surface area (Å²) < 4.78 is 5.28. The van der Waals surface area contributed by atoms with Crippen molar-refractivity contribution >= 4 is 5.91 Å². The Morgan fingerprint density at radius 2 is 2.08 bits per heavy atom. The van der Waals surface area contributed by atoms with Gasteiger partial charge in [-0.05, 0) is 64.0 Å². The third-order valence-corrected chi connectivity index (χ3v) is 5.50. The highest BCUT2D eigenvalue weighted by Gasteiger charge is 2.35. The molecule has 1 saturated heterocycles. The first-order valence-electron chi connectivity index (χ1n) is 9.05. The van der Waals surface area contributed by atoms with E-state index in [-0.39, 0.29) is 23.1 Å². The number of aromatic nitrogens is 2. The van der Waals surface area contributed by atoms with Crippen LogP contribution < -0.4 is 5.56 Å². The molecule has 6 nitrogen and oxygen atoms in total. The van der Waals surface area contributed by atoms with Crippen LogP contribution in [0.15, 0.2) is 15.4 Å². The molecule has 0 bridgehead atoms. The van der Waals surface area contributed by atoms with Crippen molar-refractivity contribution in [2.75, 3.05) is 6.54 Å². The Morgan fingerprint density at radius 1 is 1.28 bits per heavy atom. The SMILES string of the molecule is Cc1noc(C)c1[C@@H]1CCCN1C(=O)c1cc2c([nH]c1=O)CCCC2. The first-order valence-corrected chi connectivity index (χ1v) is 9.05. The van der Waals surface area contributed by atoms with E-state index in [1.165, 1.54) is 0 Å². The maximum Gasteiger partial charge on any atom is 0.261 e. The van der Waals surface area contributed by atoms with Gasteiger partial charge in [-0.2, -0.15) is 0 Å². The molecule has 0 radical (unpaired) electrons. The van der Waals surface area contributed by atoms with Crippen LogP contribution in [0.1, 0.15) is 70.4 Å². The minimum atomic E-state index is -0.268. The topological polar surface area (TPSA) is 79.2 Å². The number of rotatable bonds is 2. The number of carbonyl (C=O) groups excluding carboxylic acids is 1. The molecule has 1 aliphatic heterocycles. The van der Waals surface area contributed by atoms with Gasteiger partial charge in [-0.15, -0.1) is 0 Å². The van der Waals surface area contributed by atoms with Gasteiger partial charge in [0.2, 0.25) is 0 Å². The molecule has 1 fully saturated rings. The van der Waals surface area contributed by atoms with Gasteiger partial charge in [0.15, 0.2) is 0 Å². The van der Waals surface area contributed by atoms with Gasteiger partial charge in [0.1, 0.15) is 11.3 Å². The predicted molar refractivity (Wildman–Crippen MR) is 92.7 cm³/mol. The third kappa shape index (κ3) is 2.69. The fourth-order valence-corrected chi connectivity index (χ4v) is 4.26. The van der Waals surface area contributed by atoms with E-state index in [2.05, 4.69) is 10.1 Å². The van der Waals surface area contributed by atoms with Gasteiger partial charge in [-0.3, -0.25) is 9.59 Å². The molecule has 2 aromatic rings. The monoisotopic (exact) mass is 341 g/mol. The summed E-state index contributed by atoms with van der Waals surface area (Å²) >= 11 is 0. The number of aromatic amines is 1. The maximum absolute atomic E-state index is 13.1.